The van der Waals surface area contributed by atoms with E-state index in [1.807, 2.05) is 0 Å². The Bertz CT molecular complexity index is 899. The SMILES string of the molecule is NCCCn1nc2c(c1C(=O)O)CCc1cnc(Cl)cc1-2.O=C(O)C(F)(F)F. The average Bonchev–Trinajstić information content (AvgIpc) is 2.98. The number of alkyl halides is 3. The molecule has 2 aromatic rings. The van der Waals surface area contributed by atoms with Gasteiger partial charge in [-0.3, -0.25) is 4.68 Å². The van der Waals surface area contributed by atoms with E-state index in [1.165, 1.54) is 0 Å². The highest BCUT2D eigenvalue weighted by molar-refractivity contribution is 6.29. The van der Waals surface area contributed by atoms with Gasteiger partial charge in [0.25, 0.3) is 0 Å². The van der Waals surface area contributed by atoms with Gasteiger partial charge >= 0.3 is 18.1 Å². The number of hydrogen-bond acceptors (Lipinski definition) is 5. The van der Waals surface area contributed by atoms with E-state index >= 15 is 0 Å². The lowest BCUT2D eigenvalue weighted by Crippen LogP contribution is -2.21. The Hall–Kier alpha value is -2.66. The number of fused-ring (bicyclic) bond motifs is 3. The van der Waals surface area contributed by atoms with Crippen LogP contribution in [0.1, 0.15) is 28.0 Å². The Labute approximate surface area is 161 Å². The molecule has 1 aliphatic carbocycles. The molecule has 0 aliphatic heterocycles. The van der Waals surface area contributed by atoms with Gasteiger partial charge in [0.1, 0.15) is 10.8 Å². The number of aliphatic carboxylic acids is 1. The summed E-state index contributed by atoms with van der Waals surface area (Å²) in [6, 6.07) is 1.75. The van der Waals surface area contributed by atoms with E-state index in [9.17, 15) is 23.1 Å². The Morgan fingerprint density at radius 3 is 2.46 bits per heavy atom. The maximum atomic E-state index is 11.6. The molecule has 0 aromatic carbocycles. The van der Waals surface area contributed by atoms with Crippen LogP contribution < -0.4 is 5.73 Å². The highest BCUT2D eigenvalue weighted by atomic mass is 35.5. The number of aromatic nitrogens is 3. The fourth-order valence-corrected chi connectivity index (χ4v) is 2.89. The third-order valence-corrected chi connectivity index (χ3v) is 4.13. The van der Waals surface area contributed by atoms with Gasteiger partial charge in [-0.05, 0) is 37.4 Å². The van der Waals surface area contributed by atoms with Crippen LogP contribution in [0.15, 0.2) is 12.3 Å². The van der Waals surface area contributed by atoms with E-state index in [1.54, 1.807) is 16.9 Å². The predicted molar refractivity (Wildman–Crippen MR) is 92.2 cm³/mol. The smallest absolute Gasteiger partial charge is 0.477 e. The van der Waals surface area contributed by atoms with Crippen LogP contribution >= 0.6 is 11.6 Å². The normalized spacial score (nSPS) is 12.5. The molecule has 0 spiro atoms. The minimum atomic E-state index is -5.08. The number of carbonyl (C=O) groups is 2. The number of nitrogens with two attached hydrogens (primary N) is 1. The summed E-state index contributed by atoms with van der Waals surface area (Å²) >= 11 is 5.96. The highest BCUT2D eigenvalue weighted by Gasteiger charge is 2.38. The standard InChI is InChI=1S/C14H15ClN4O2.C2HF3O2/c15-11-6-10-8(7-17-11)2-3-9-12(10)18-19(5-1-4-16)13(9)14(20)21;3-2(4,5)1(6)7/h6-7H,1-5,16H2,(H,20,21);(H,6,7). The van der Waals surface area contributed by atoms with Gasteiger partial charge in [-0.25, -0.2) is 14.6 Å². The average molecular weight is 421 g/mol. The molecule has 4 N–H and O–H groups in total. The largest absolute Gasteiger partial charge is 0.490 e. The van der Waals surface area contributed by atoms with Crippen LogP contribution in [-0.2, 0) is 24.2 Å². The first-order chi connectivity index (χ1) is 13.1. The summed E-state index contributed by atoms with van der Waals surface area (Å²) in [5.41, 5.74) is 9.17. The van der Waals surface area contributed by atoms with Crippen molar-refractivity contribution in [3.05, 3.63) is 34.2 Å². The second kappa shape index (κ2) is 8.57. The molecule has 0 amide bonds. The van der Waals surface area contributed by atoms with Crippen molar-refractivity contribution < 1.29 is 33.0 Å². The molecule has 2 aromatic heterocycles. The molecule has 1 aliphatic rings. The topological polar surface area (TPSA) is 131 Å². The van der Waals surface area contributed by atoms with Crippen molar-refractivity contribution >= 4 is 23.5 Å². The summed E-state index contributed by atoms with van der Waals surface area (Å²) in [5.74, 6) is -3.71. The Balaban J connectivity index is 0.000000345. The van der Waals surface area contributed by atoms with Crippen LogP contribution in [0, 0.1) is 0 Å². The lowest BCUT2D eigenvalue weighted by molar-refractivity contribution is -0.192. The van der Waals surface area contributed by atoms with E-state index in [2.05, 4.69) is 10.1 Å². The van der Waals surface area contributed by atoms with Crippen molar-refractivity contribution in [1.82, 2.24) is 14.8 Å². The zero-order valence-corrected chi connectivity index (χ0v) is 15.1. The molecule has 12 heteroatoms. The first kappa shape index (κ1) is 21.6. The van der Waals surface area contributed by atoms with E-state index in [0.717, 1.165) is 23.1 Å². The van der Waals surface area contributed by atoms with E-state index in [-0.39, 0.29) is 5.69 Å². The van der Waals surface area contributed by atoms with E-state index in [0.29, 0.717) is 36.8 Å². The van der Waals surface area contributed by atoms with Crippen LogP contribution in [0.3, 0.4) is 0 Å². The van der Waals surface area contributed by atoms with Crippen molar-refractivity contribution in [3.8, 4) is 11.3 Å². The molecule has 0 saturated heterocycles. The summed E-state index contributed by atoms with van der Waals surface area (Å²) in [6.07, 6.45) is -1.27. The fourth-order valence-electron chi connectivity index (χ4n) is 2.73. The van der Waals surface area contributed by atoms with E-state index < -0.39 is 18.1 Å². The number of carboxylic acids is 2. The molecule has 28 heavy (non-hydrogen) atoms. The molecule has 0 atom stereocenters. The highest BCUT2D eigenvalue weighted by Crippen LogP contribution is 2.35. The van der Waals surface area contributed by atoms with Gasteiger partial charge < -0.3 is 15.9 Å². The number of hydrogen-bond donors (Lipinski definition) is 3. The predicted octanol–water partition coefficient (Wildman–Crippen LogP) is 2.38. The van der Waals surface area contributed by atoms with Gasteiger partial charge in [0, 0.05) is 23.9 Å². The molecule has 3 rings (SSSR count). The quantitative estimate of drug-likeness (QED) is 0.647. The number of aromatic carboxylic acids is 1. The molecule has 0 radical (unpaired) electrons. The zero-order chi connectivity index (χ0) is 21.1. The summed E-state index contributed by atoms with van der Waals surface area (Å²) in [6.45, 7) is 0.995. The minimum Gasteiger partial charge on any atom is -0.477 e. The van der Waals surface area contributed by atoms with Crippen LogP contribution in [0.2, 0.25) is 5.15 Å². The number of nitrogens with zero attached hydrogens (tertiary/aromatic N) is 3. The van der Waals surface area contributed by atoms with Gasteiger partial charge in [-0.15, -0.1) is 0 Å². The number of carboxylic acid groups (broad SMARTS) is 2. The fraction of sp³-hybridized carbons (Fsp3) is 0.375. The van der Waals surface area contributed by atoms with Gasteiger partial charge in [-0.1, -0.05) is 11.6 Å². The first-order valence-corrected chi connectivity index (χ1v) is 8.42. The number of halogens is 4. The van der Waals surface area contributed by atoms with Crippen molar-refractivity contribution in [2.24, 2.45) is 5.73 Å². The third kappa shape index (κ3) is 4.78. The summed E-state index contributed by atoms with van der Waals surface area (Å²) in [4.78, 5) is 24.5. The molecule has 0 unspecified atom stereocenters. The third-order valence-electron chi connectivity index (χ3n) is 3.92. The second-order valence-corrected chi connectivity index (χ2v) is 6.20. The van der Waals surface area contributed by atoms with Gasteiger partial charge in [-0.2, -0.15) is 18.3 Å². The van der Waals surface area contributed by atoms with E-state index in [4.69, 9.17) is 27.2 Å². The minimum absolute atomic E-state index is 0.261. The maximum absolute atomic E-state index is 11.6. The molecule has 0 saturated carbocycles. The summed E-state index contributed by atoms with van der Waals surface area (Å²) in [7, 11) is 0. The number of rotatable bonds is 4. The molecule has 152 valence electrons. The van der Waals surface area contributed by atoms with Gasteiger partial charge in [0.2, 0.25) is 0 Å². The Morgan fingerprint density at radius 1 is 1.29 bits per heavy atom. The second-order valence-electron chi connectivity index (χ2n) is 5.81. The van der Waals surface area contributed by atoms with Crippen LogP contribution in [0.5, 0.6) is 0 Å². The van der Waals surface area contributed by atoms with Crippen LogP contribution in [0.4, 0.5) is 13.2 Å². The molecule has 0 bridgehead atoms. The summed E-state index contributed by atoms with van der Waals surface area (Å²) in [5, 5.41) is 21.5. The van der Waals surface area contributed by atoms with Crippen molar-refractivity contribution in [2.75, 3.05) is 6.54 Å². The van der Waals surface area contributed by atoms with Crippen molar-refractivity contribution in [3.63, 3.8) is 0 Å². The summed E-state index contributed by atoms with van der Waals surface area (Å²) < 4.78 is 33.3. The molecular formula is C16H16ClF3N4O4. The lowest BCUT2D eigenvalue weighted by atomic mass is 9.90. The van der Waals surface area contributed by atoms with Crippen LogP contribution in [-0.4, -0.2) is 49.6 Å². The monoisotopic (exact) mass is 420 g/mol. The Kier molecular flexibility index (Phi) is 6.62. The Morgan fingerprint density at radius 2 is 1.93 bits per heavy atom. The molecule has 8 nitrogen and oxygen atoms in total. The maximum Gasteiger partial charge on any atom is 0.490 e. The number of pyridine rings is 1. The van der Waals surface area contributed by atoms with Gasteiger partial charge in [0.05, 0.1) is 5.69 Å². The number of aryl methyl sites for hydroxylation is 2. The lowest BCUT2D eigenvalue weighted by Gasteiger charge is -2.14. The van der Waals surface area contributed by atoms with Crippen molar-refractivity contribution in [2.45, 2.75) is 32.0 Å². The van der Waals surface area contributed by atoms with Crippen LogP contribution in [0.25, 0.3) is 11.3 Å². The molecule has 2 heterocycles. The molecule has 0 fully saturated rings. The zero-order valence-electron chi connectivity index (χ0n) is 14.3. The molecular weight excluding hydrogens is 405 g/mol. The van der Waals surface area contributed by atoms with Crippen molar-refractivity contribution in [1.29, 1.82) is 0 Å². The van der Waals surface area contributed by atoms with Gasteiger partial charge in [0.15, 0.2) is 0 Å². The first-order valence-electron chi connectivity index (χ1n) is 8.04.